The minimum Gasteiger partial charge on any atom is -0.496 e. The number of nitrogens with zero attached hydrogens (tertiary/aromatic N) is 2. The topological polar surface area (TPSA) is 59.1 Å². The number of benzene rings is 2. The molecule has 4 rings (SSSR count). The van der Waals surface area contributed by atoms with E-state index in [2.05, 4.69) is 4.90 Å². The fourth-order valence-electron chi connectivity index (χ4n) is 3.63. The lowest BCUT2D eigenvalue weighted by Gasteiger charge is -2.22. The van der Waals surface area contributed by atoms with Crippen LogP contribution in [0.5, 0.6) is 11.5 Å². The maximum Gasteiger partial charge on any atom is 0.298 e. The first-order chi connectivity index (χ1) is 14.1. The second kappa shape index (κ2) is 8.21. The van der Waals surface area contributed by atoms with Gasteiger partial charge >= 0.3 is 0 Å². The predicted molar refractivity (Wildman–Crippen MR) is 116 cm³/mol. The van der Waals surface area contributed by atoms with Crippen molar-refractivity contribution in [2.24, 2.45) is 0 Å². The first-order valence-corrected chi connectivity index (χ1v) is 10.3. The smallest absolute Gasteiger partial charge is 0.298 e. The zero-order valence-electron chi connectivity index (χ0n) is 16.4. The van der Waals surface area contributed by atoms with Crippen molar-refractivity contribution in [1.82, 2.24) is 0 Å². The van der Waals surface area contributed by atoms with E-state index in [0.29, 0.717) is 21.9 Å². The van der Waals surface area contributed by atoms with Crippen molar-refractivity contribution in [2.45, 2.75) is 12.8 Å². The van der Waals surface area contributed by atoms with Gasteiger partial charge in [-0.05, 0) is 48.9 Å². The van der Waals surface area contributed by atoms with Crippen LogP contribution in [0, 0.1) is 0 Å². The van der Waals surface area contributed by atoms with Gasteiger partial charge in [0.15, 0.2) is 0 Å². The van der Waals surface area contributed by atoms with E-state index in [1.807, 2.05) is 18.2 Å². The number of hydrogen-bond acceptors (Lipinski definition) is 6. The van der Waals surface area contributed by atoms with E-state index in [1.54, 1.807) is 44.6 Å². The van der Waals surface area contributed by atoms with Gasteiger partial charge in [-0.1, -0.05) is 18.2 Å². The highest BCUT2D eigenvalue weighted by molar-refractivity contribution is 8.19. The normalized spacial score (nSPS) is 18.1. The summed E-state index contributed by atoms with van der Waals surface area (Å²) in [5.41, 5.74) is 2.24. The van der Waals surface area contributed by atoms with Crippen LogP contribution in [-0.4, -0.2) is 38.5 Å². The van der Waals surface area contributed by atoms with E-state index < -0.39 is 0 Å². The number of thioether (sulfide) groups is 1. The molecule has 0 radical (unpaired) electrons. The van der Waals surface area contributed by atoms with Crippen LogP contribution in [0.15, 0.2) is 47.4 Å². The van der Waals surface area contributed by atoms with Gasteiger partial charge in [-0.25, -0.2) is 4.90 Å². The summed E-state index contributed by atoms with van der Waals surface area (Å²) < 4.78 is 11.2. The minimum atomic E-state index is -0.337. The maximum absolute atomic E-state index is 12.9. The Morgan fingerprint density at radius 3 is 2.31 bits per heavy atom. The molecule has 0 atom stereocenters. The minimum absolute atomic E-state index is 0.313. The van der Waals surface area contributed by atoms with Crippen LogP contribution in [0.25, 0.3) is 6.08 Å². The lowest BCUT2D eigenvalue weighted by atomic mass is 10.1. The highest BCUT2D eigenvalue weighted by Gasteiger charge is 2.36. The number of para-hydroxylation sites is 1. The van der Waals surface area contributed by atoms with Gasteiger partial charge < -0.3 is 14.4 Å². The number of rotatable bonds is 5. The van der Waals surface area contributed by atoms with Crippen molar-refractivity contribution < 1.29 is 19.1 Å². The fraction of sp³-hybridized carbons (Fsp3) is 0.273. The number of ether oxygens (including phenoxy) is 2. The van der Waals surface area contributed by atoms with E-state index in [0.717, 1.165) is 49.1 Å². The van der Waals surface area contributed by atoms with Gasteiger partial charge in [0.25, 0.3) is 11.1 Å². The second-order valence-electron chi connectivity index (χ2n) is 6.81. The Balaban J connectivity index is 1.70. The summed E-state index contributed by atoms with van der Waals surface area (Å²) in [7, 11) is 3.23. The summed E-state index contributed by atoms with van der Waals surface area (Å²) in [4.78, 5) is 29.2. The van der Waals surface area contributed by atoms with E-state index in [1.165, 1.54) is 4.90 Å². The molecule has 2 amide bonds. The lowest BCUT2D eigenvalue weighted by Crippen LogP contribution is -2.27. The summed E-state index contributed by atoms with van der Waals surface area (Å²) in [5.74, 6) is 1.02. The van der Waals surface area contributed by atoms with Crippen LogP contribution in [0.4, 0.5) is 16.2 Å². The van der Waals surface area contributed by atoms with Crippen LogP contribution in [-0.2, 0) is 4.79 Å². The molecule has 0 N–H and O–H groups in total. The van der Waals surface area contributed by atoms with Gasteiger partial charge in [-0.2, -0.15) is 0 Å². The number of methoxy groups -OCH3 is 2. The molecule has 2 fully saturated rings. The molecular formula is C22H22N2O4S. The monoisotopic (exact) mass is 410 g/mol. The van der Waals surface area contributed by atoms with Crippen LogP contribution in [0.3, 0.4) is 0 Å². The molecular weight excluding hydrogens is 388 g/mol. The Morgan fingerprint density at radius 1 is 0.966 bits per heavy atom. The molecule has 0 aromatic heterocycles. The summed E-state index contributed by atoms with van der Waals surface area (Å²) in [6.45, 7) is 1.96. The van der Waals surface area contributed by atoms with Crippen LogP contribution in [0.2, 0.25) is 0 Å². The standard InChI is InChI=1S/C22H22N2O4S/c1-27-18-14-17(23-10-6-7-11-23)19(28-2)12-15(18)13-20-21(25)24(22(26)29-20)16-8-4-3-5-9-16/h3-5,8-9,12-14H,6-7,10-11H2,1-2H3/b20-13-. The molecule has 2 aliphatic rings. The number of carbonyl (C=O) groups is 2. The Hall–Kier alpha value is -2.93. The van der Waals surface area contributed by atoms with E-state index in [-0.39, 0.29) is 11.1 Å². The van der Waals surface area contributed by atoms with Gasteiger partial charge in [-0.3, -0.25) is 9.59 Å². The zero-order valence-corrected chi connectivity index (χ0v) is 17.2. The molecule has 6 nitrogen and oxygen atoms in total. The molecule has 0 unspecified atom stereocenters. The number of hydrogen-bond donors (Lipinski definition) is 0. The number of imide groups is 1. The summed E-state index contributed by atoms with van der Waals surface area (Å²) in [6, 6.07) is 12.7. The SMILES string of the molecule is COc1cc(N2CCCC2)c(OC)cc1/C=C1\SC(=O)N(c2ccccc2)C1=O. The summed E-state index contributed by atoms with van der Waals surface area (Å²) >= 11 is 0.925. The Labute approximate surface area is 174 Å². The Bertz CT molecular complexity index is 968. The number of anilines is 2. The molecule has 0 aliphatic carbocycles. The Morgan fingerprint density at radius 2 is 1.66 bits per heavy atom. The van der Waals surface area contributed by atoms with E-state index in [4.69, 9.17) is 9.47 Å². The second-order valence-corrected chi connectivity index (χ2v) is 7.81. The van der Waals surface area contributed by atoms with Crippen LogP contribution < -0.4 is 19.3 Å². The van der Waals surface area contributed by atoms with Crippen molar-refractivity contribution >= 4 is 40.4 Å². The highest BCUT2D eigenvalue weighted by atomic mass is 32.2. The predicted octanol–water partition coefficient (Wildman–Crippen LogP) is 4.54. The van der Waals surface area contributed by atoms with Crippen molar-refractivity contribution in [3.05, 3.63) is 52.9 Å². The first-order valence-electron chi connectivity index (χ1n) is 9.46. The largest absolute Gasteiger partial charge is 0.496 e. The van der Waals surface area contributed by atoms with Gasteiger partial charge in [0.2, 0.25) is 0 Å². The molecule has 7 heteroatoms. The molecule has 2 heterocycles. The third kappa shape index (κ3) is 3.70. The van der Waals surface area contributed by atoms with Gasteiger partial charge in [-0.15, -0.1) is 0 Å². The maximum atomic E-state index is 12.9. The van der Waals surface area contributed by atoms with Gasteiger partial charge in [0.1, 0.15) is 11.5 Å². The van der Waals surface area contributed by atoms with Crippen LogP contribution >= 0.6 is 11.8 Å². The quantitative estimate of drug-likeness (QED) is 0.675. The summed E-state index contributed by atoms with van der Waals surface area (Å²) in [5, 5.41) is -0.313. The molecule has 2 aliphatic heterocycles. The highest BCUT2D eigenvalue weighted by Crippen LogP contribution is 2.41. The lowest BCUT2D eigenvalue weighted by molar-refractivity contribution is -0.113. The fourth-order valence-corrected chi connectivity index (χ4v) is 4.46. The molecule has 150 valence electrons. The third-order valence-electron chi connectivity index (χ3n) is 5.07. The molecule has 2 aromatic rings. The average molecular weight is 410 g/mol. The molecule has 29 heavy (non-hydrogen) atoms. The van der Waals surface area contributed by atoms with E-state index >= 15 is 0 Å². The van der Waals surface area contributed by atoms with Crippen molar-refractivity contribution in [2.75, 3.05) is 37.1 Å². The number of carbonyl (C=O) groups excluding carboxylic acids is 2. The zero-order chi connectivity index (χ0) is 20.4. The molecule has 0 bridgehead atoms. The van der Waals surface area contributed by atoms with Gasteiger partial charge in [0.05, 0.1) is 30.5 Å². The summed E-state index contributed by atoms with van der Waals surface area (Å²) in [6.07, 6.45) is 4.00. The molecule has 0 saturated carbocycles. The van der Waals surface area contributed by atoms with Crippen molar-refractivity contribution in [1.29, 1.82) is 0 Å². The number of amides is 2. The molecule has 2 saturated heterocycles. The van der Waals surface area contributed by atoms with Gasteiger partial charge in [0, 0.05) is 24.7 Å². The first kappa shape index (κ1) is 19.4. The van der Waals surface area contributed by atoms with Crippen molar-refractivity contribution in [3.8, 4) is 11.5 Å². The molecule has 2 aromatic carbocycles. The van der Waals surface area contributed by atoms with Crippen LogP contribution in [0.1, 0.15) is 18.4 Å². The molecule has 0 spiro atoms. The Kier molecular flexibility index (Phi) is 5.49. The van der Waals surface area contributed by atoms with Crippen molar-refractivity contribution in [3.63, 3.8) is 0 Å². The third-order valence-corrected chi connectivity index (χ3v) is 5.94. The average Bonchev–Trinajstić information content (AvgIpc) is 3.37. The van der Waals surface area contributed by atoms with E-state index in [9.17, 15) is 9.59 Å².